The monoisotopic (exact) mass is 316 g/mol. The van der Waals surface area contributed by atoms with Crippen molar-refractivity contribution in [2.75, 3.05) is 13.1 Å². The molecule has 2 aromatic rings. The summed E-state index contributed by atoms with van der Waals surface area (Å²) in [4.78, 5) is 21.4. The van der Waals surface area contributed by atoms with E-state index in [2.05, 4.69) is 9.97 Å². The average Bonchev–Trinajstić information content (AvgIpc) is 2.93. The third-order valence-electron chi connectivity index (χ3n) is 4.56. The molecule has 0 radical (unpaired) electrons. The number of imidazole rings is 1. The molecule has 1 aliphatic rings. The SMILES string of the molecule is Cc1[nH]cnc1CC(=O)N1CC[C@H](c2ccc(F)cc2)[C@@H](N)C1. The van der Waals surface area contributed by atoms with Crippen molar-refractivity contribution in [3.63, 3.8) is 0 Å². The molecular formula is C17H21FN4O. The molecular weight excluding hydrogens is 295 g/mol. The van der Waals surface area contributed by atoms with Crippen LogP contribution in [0.4, 0.5) is 4.39 Å². The van der Waals surface area contributed by atoms with Gasteiger partial charge in [0.15, 0.2) is 0 Å². The Balaban J connectivity index is 1.63. The van der Waals surface area contributed by atoms with Crippen LogP contribution in [0.25, 0.3) is 0 Å². The van der Waals surface area contributed by atoms with Crippen molar-refractivity contribution in [3.05, 3.63) is 53.4 Å². The second kappa shape index (κ2) is 6.50. The number of rotatable bonds is 3. The maximum atomic E-state index is 13.0. The molecule has 3 rings (SSSR count). The topological polar surface area (TPSA) is 75.0 Å². The Bertz CT molecular complexity index is 682. The van der Waals surface area contributed by atoms with Crippen LogP contribution in [0.5, 0.6) is 0 Å². The molecule has 0 bridgehead atoms. The van der Waals surface area contributed by atoms with Gasteiger partial charge in [0.25, 0.3) is 0 Å². The maximum Gasteiger partial charge on any atom is 0.228 e. The van der Waals surface area contributed by atoms with E-state index in [9.17, 15) is 9.18 Å². The lowest BCUT2D eigenvalue weighted by atomic mass is 9.85. The van der Waals surface area contributed by atoms with Gasteiger partial charge in [-0.15, -0.1) is 0 Å². The lowest BCUT2D eigenvalue weighted by Gasteiger charge is -2.37. The average molecular weight is 316 g/mol. The smallest absolute Gasteiger partial charge is 0.228 e. The van der Waals surface area contributed by atoms with Crippen LogP contribution < -0.4 is 5.73 Å². The van der Waals surface area contributed by atoms with Gasteiger partial charge in [0.2, 0.25) is 5.91 Å². The molecule has 1 amide bonds. The van der Waals surface area contributed by atoms with Crippen LogP contribution in [-0.2, 0) is 11.2 Å². The first kappa shape index (κ1) is 15.7. The molecule has 122 valence electrons. The van der Waals surface area contributed by atoms with Crippen LogP contribution in [0.2, 0.25) is 0 Å². The van der Waals surface area contributed by atoms with Gasteiger partial charge in [0, 0.05) is 30.7 Å². The lowest BCUT2D eigenvalue weighted by molar-refractivity contribution is -0.131. The van der Waals surface area contributed by atoms with Crippen molar-refractivity contribution in [2.24, 2.45) is 5.73 Å². The van der Waals surface area contributed by atoms with Crippen LogP contribution in [0, 0.1) is 12.7 Å². The molecule has 0 saturated carbocycles. The number of likely N-dealkylation sites (tertiary alicyclic amines) is 1. The van der Waals surface area contributed by atoms with Crippen LogP contribution in [0.1, 0.15) is 29.3 Å². The fourth-order valence-corrected chi connectivity index (χ4v) is 3.15. The summed E-state index contributed by atoms with van der Waals surface area (Å²) >= 11 is 0. The minimum absolute atomic E-state index is 0.0493. The van der Waals surface area contributed by atoms with Crippen molar-refractivity contribution in [1.82, 2.24) is 14.9 Å². The minimum atomic E-state index is -0.246. The second-order valence-electron chi connectivity index (χ2n) is 6.10. The molecule has 3 N–H and O–H groups in total. The summed E-state index contributed by atoms with van der Waals surface area (Å²) in [5.41, 5.74) is 9.01. The Hall–Kier alpha value is -2.21. The second-order valence-corrected chi connectivity index (χ2v) is 6.10. The molecule has 2 atom stereocenters. The number of nitrogens with zero attached hydrogens (tertiary/aromatic N) is 2. The van der Waals surface area contributed by atoms with E-state index in [-0.39, 0.29) is 23.7 Å². The maximum absolute atomic E-state index is 13.0. The number of halogens is 1. The van der Waals surface area contributed by atoms with Crippen molar-refractivity contribution in [3.8, 4) is 0 Å². The number of carbonyl (C=O) groups excluding carboxylic acids is 1. The van der Waals surface area contributed by atoms with Crippen molar-refractivity contribution < 1.29 is 9.18 Å². The first-order valence-electron chi connectivity index (χ1n) is 7.82. The molecule has 6 heteroatoms. The highest BCUT2D eigenvalue weighted by atomic mass is 19.1. The molecule has 23 heavy (non-hydrogen) atoms. The normalized spacial score (nSPS) is 21.4. The molecule has 1 aromatic heterocycles. The number of aromatic amines is 1. The summed E-state index contributed by atoms with van der Waals surface area (Å²) in [5.74, 6) is -0.0377. The van der Waals surface area contributed by atoms with Gasteiger partial charge >= 0.3 is 0 Å². The predicted molar refractivity (Wildman–Crippen MR) is 85.3 cm³/mol. The molecule has 0 aliphatic carbocycles. The highest BCUT2D eigenvalue weighted by molar-refractivity contribution is 5.78. The van der Waals surface area contributed by atoms with Crippen molar-refractivity contribution in [1.29, 1.82) is 0 Å². The molecule has 1 saturated heterocycles. The van der Waals surface area contributed by atoms with Gasteiger partial charge in [-0.05, 0) is 31.0 Å². The Labute approximate surface area is 134 Å². The summed E-state index contributed by atoms with van der Waals surface area (Å²) in [6, 6.07) is 6.34. The van der Waals surface area contributed by atoms with Gasteiger partial charge in [-0.2, -0.15) is 0 Å². The Morgan fingerprint density at radius 2 is 2.17 bits per heavy atom. The quantitative estimate of drug-likeness (QED) is 0.906. The number of carbonyl (C=O) groups is 1. The first-order chi connectivity index (χ1) is 11.0. The molecule has 1 aromatic carbocycles. The third kappa shape index (κ3) is 3.42. The molecule has 1 fully saturated rings. The predicted octanol–water partition coefficient (Wildman–Crippen LogP) is 1.74. The standard InChI is InChI=1S/C17H21FN4O/c1-11-16(21-10-20-11)8-17(23)22-7-6-14(15(19)9-22)12-2-4-13(18)5-3-12/h2-5,10,14-15H,6-9,19H2,1H3,(H,20,21)/t14-,15+/m1/s1. The fraction of sp³-hybridized carbons (Fsp3) is 0.412. The number of H-pyrrole nitrogens is 1. The molecule has 5 nitrogen and oxygen atoms in total. The fourth-order valence-electron chi connectivity index (χ4n) is 3.15. The summed E-state index contributed by atoms with van der Waals surface area (Å²) in [6.45, 7) is 3.09. The molecule has 0 spiro atoms. The van der Waals surface area contributed by atoms with Crippen LogP contribution in [-0.4, -0.2) is 39.9 Å². The van der Waals surface area contributed by atoms with E-state index in [1.807, 2.05) is 6.92 Å². The zero-order valence-corrected chi connectivity index (χ0v) is 13.1. The van der Waals surface area contributed by atoms with Crippen LogP contribution in [0.15, 0.2) is 30.6 Å². The Morgan fingerprint density at radius 1 is 1.43 bits per heavy atom. The molecule has 0 unspecified atom stereocenters. The van der Waals surface area contributed by atoms with Crippen LogP contribution in [0.3, 0.4) is 0 Å². The van der Waals surface area contributed by atoms with Crippen molar-refractivity contribution in [2.45, 2.75) is 31.7 Å². The number of hydrogen-bond donors (Lipinski definition) is 2. The van der Waals surface area contributed by atoms with Gasteiger partial charge in [-0.25, -0.2) is 9.37 Å². The van der Waals surface area contributed by atoms with Gasteiger partial charge in [-0.3, -0.25) is 4.79 Å². The summed E-state index contributed by atoms with van der Waals surface area (Å²) in [6.07, 6.45) is 2.69. The Morgan fingerprint density at radius 3 is 2.78 bits per heavy atom. The zero-order chi connectivity index (χ0) is 16.4. The Kier molecular flexibility index (Phi) is 4.43. The number of aromatic nitrogens is 2. The van der Waals surface area contributed by atoms with E-state index < -0.39 is 0 Å². The highest BCUT2D eigenvalue weighted by Crippen LogP contribution is 2.27. The van der Waals surface area contributed by atoms with E-state index >= 15 is 0 Å². The number of piperidine rings is 1. The van der Waals surface area contributed by atoms with Gasteiger partial charge in [0.05, 0.1) is 18.4 Å². The zero-order valence-electron chi connectivity index (χ0n) is 13.1. The minimum Gasteiger partial charge on any atom is -0.348 e. The van der Waals surface area contributed by atoms with E-state index in [1.165, 1.54) is 12.1 Å². The third-order valence-corrected chi connectivity index (χ3v) is 4.56. The van der Waals surface area contributed by atoms with Crippen molar-refractivity contribution >= 4 is 5.91 Å². The van der Waals surface area contributed by atoms with Gasteiger partial charge < -0.3 is 15.6 Å². The number of aryl methyl sites for hydroxylation is 1. The van der Waals surface area contributed by atoms with E-state index in [0.29, 0.717) is 19.5 Å². The summed E-state index contributed by atoms with van der Waals surface area (Å²) in [7, 11) is 0. The number of hydrogen-bond acceptors (Lipinski definition) is 3. The number of nitrogens with one attached hydrogen (secondary N) is 1. The van der Waals surface area contributed by atoms with Crippen LogP contribution >= 0.6 is 0 Å². The summed E-state index contributed by atoms with van der Waals surface area (Å²) < 4.78 is 13.0. The number of amides is 1. The lowest BCUT2D eigenvalue weighted by Crippen LogP contribution is -2.50. The molecule has 2 heterocycles. The largest absolute Gasteiger partial charge is 0.348 e. The highest BCUT2D eigenvalue weighted by Gasteiger charge is 2.30. The molecule has 1 aliphatic heterocycles. The number of benzene rings is 1. The summed E-state index contributed by atoms with van der Waals surface area (Å²) in [5, 5.41) is 0. The van der Waals surface area contributed by atoms with E-state index in [4.69, 9.17) is 5.73 Å². The van der Waals surface area contributed by atoms with E-state index in [0.717, 1.165) is 23.4 Å². The number of nitrogens with two attached hydrogens (primary N) is 1. The first-order valence-corrected chi connectivity index (χ1v) is 7.82. The van der Waals surface area contributed by atoms with Gasteiger partial charge in [0.1, 0.15) is 5.82 Å². The van der Waals surface area contributed by atoms with E-state index in [1.54, 1.807) is 23.4 Å². The van der Waals surface area contributed by atoms with Gasteiger partial charge in [-0.1, -0.05) is 12.1 Å².